The molecule has 2 aromatic rings. The molecule has 1 aromatic carbocycles. The number of unbranched alkanes of at least 4 members (excludes halogenated alkanes) is 1. The van der Waals surface area contributed by atoms with E-state index in [4.69, 9.17) is 0 Å². The Morgan fingerprint density at radius 1 is 1.12 bits per heavy atom. The fourth-order valence-corrected chi connectivity index (χ4v) is 2.08. The van der Waals surface area contributed by atoms with Gasteiger partial charge in [0.25, 0.3) is 5.91 Å². The Morgan fingerprint density at radius 2 is 1.88 bits per heavy atom. The number of rotatable bonds is 7. The average molecular weight is 327 g/mol. The van der Waals surface area contributed by atoms with Crippen LogP contribution in [0.4, 0.5) is 11.5 Å². The van der Waals surface area contributed by atoms with Crippen LogP contribution in [0.1, 0.15) is 40.5 Å². The summed E-state index contributed by atoms with van der Waals surface area (Å²) in [5.41, 5.74) is 1.79. The van der Waals surface area contributed by atoms with Crippen molar-refractivity contribution in [2.45, 2.75) is 19.8 Å². The van der Waals surface area contributed by atoms with Crippen molar-refractivity contribution in [1.29, 1.82) is 0 Å². The number of amides is 1. The molecule has 126 valence electrons. The van der Waals surface area contributed by atoms with Crippen molar-refractivity contribution in [3.63, 3.8) is 0 Å². The number of esters is 1. The van der Waals surface area contributed by atoms with Crippen molar-refractivity contribution >= 4 is 23.4 Å². The first-order valence-electron chi connectivity index (χ1n) is 7.83. The zero-order valence-electron chi connectivity index (χ0n) is 13.8. The van der Waals surface area contributed by atoms with Crippen LogP contribution in [0.5, 0.6) is 0 Å². The zero-order valence-corrected chi connectivity index (χ0v) is 13.8. The molecule has 24 heavy (non-hydrogen) atoms. The number of nitrogens with one attached hydrogen (secondary N) is 2. The maximum Gasteiger partial charge on any atom is 0.337 e. The van der Waals surface area contributed by atoms with Gasteiger partial charge in [-0.3, -0.25) is 4.79 Å². The molecular formula is C18H21N3O3. The molecule has 0 aliphatic heterocycles. The SMILES string of the molecule is CCCCNC(=O)c1ccnc(Nc2ccc(C(=O)OC)cc2)c1. The fourth-order valence-electron chi connectivity index (χ4n) is 2.08. The minimum absolute atomic E-state index is 0.116. The summed E-state index contributed by atoms with van der Waals surface area (Å²) in [5, 5.41) is 5.98. The fraction of sp³-hybridized carbons (Fsp3) is 0.278. The molecule has 2 N–H and O–H groups in total. The zero-order chi connectivity index (χ0) is 17.4. The number of anilines is 2. The molecule has 0 saturated heterocycles. The van der Waals surface area contributed by atoms with Crippen LogP contribution in [0.25, 0.3) is 0 Å². The topological polar surface area (TPSA) is 80.3 Å². The summed E-state index contributed by atoms with van der Waals surface area (Å²) < 4.78 is 4.66. The number of ether oxygens (including phenoxy) is 1. The number of hydrogen-bond acceptors (Lipinski definition) is 5. The Kier molecular flexibility index (Phi) is 6.31. The summed E-state index contributed by atoms with van der Waals surface area (Å²) in [6.07, 6.45) is 3.57. The molecule has 0 spiro atoms. The van der Waals surface area contributed by atoms with E-state index in [2.05, 4.69) is 27.3 Å². The summed E-state index contributed by atoms with van der Waals surface area (Å²) in [6.45, 7) is 2.74. The lowest BCUT2D eigenvalue weighted by atomic mass is 10.2. The van der Waals surface area contributed by atoms with Gasteiger partial charge < -0.3 is 15.4 Å². The molecule has 0 bridgehead atoms. The van der Waals surface area contributed by atoms with E-state index in [1.807, 2.05) is 0 Å². The van der Waals surface area contributed by atoms with Crippen LogP contribution in [0.15, 0.2) is 42.6 Å². The largest absolute Gasteiger partial charge is 0.465 e. The number of carbonyl (C=O) groups is 2. The smallest absolute Gasteiger partial charge is 0.337 e. The Morgan fingerprint density at radius 3 is 2.54 bits per heavy atom. The number of hydrogen-bond donors (Lipinski definition) is 2. The van der Waals surface area contributed by atoms with Gasteiger partial charge in [-0.2, -0.15) is 0 Å². The minimum atomic E-state index is -0.384. The average Bonchev–Trinajstić information content (AvgIpc) is 2.62. The third-order valence-corrected chi connectivity index (χ3v) is 3.42. The van der Waals surface area contributed by atoms with Crippen molar-refractivity contribution in [3.05, 3.63) is 53.7 Å². The van der Waals surface area contributed by atoms with Crippen LogP contribution in [0.3, 0.4) is 0 Å². The lowest BCUT2D eigenvalue weighted by Crippen LogP contribution is -2.24. The van der Waals surface area contributed by atoms with Gasteiger partial charge in [-0.25, -0.2) is 9.78 Å². The molecule has 1 amide bonds. The first-order chi connectivity index (χ1) is 11.6. The summed E-state index contributed by atoms with van der Waals surface area (Å²) in [4.78, 5) is 27.7. The second-order valence-corrected chi connectivity index (χ2v) is 5.23. The Balaban J connectivity index is 2.03. The van der Waals surface area contributed by atoms with Gasteiger partial charge in [-0.15, -0.1) is 0 Å². The van der Waals surface area contributed by atoms with Crippen molar-refractivity contribution in [2.75, 3.05) is 19.0 Å². The molecule has 0 radical (unpaired) electrons. The van der Waals surface area contributed by atoms with Crippen molar-refractivity contribution in [2.24, 2.45) is 0 Å². The van der Waals surface area contributed by atoms with Gasteiger partial charge >= 0.3 is 5.97 Å². The van der Waals surface area contributed by atoms with Gasteiger partial charge in [0.2, 0.25) is 0 Å². The number of benzene rings is 1. The van der Waals surface area contributed by atoms with E-state index in [-0.39, 0.29) is 11.9 Å². The normalized spacial score (nSPS) is 10.1. The van der Waals surface area contributed by atoms with Crippen LogP contribution in [-0.4, -0.2) is 30.5 Å². The first-order valence-corrected chi connectivity index (χ1v) is 7.83. The Labute approximate surface area is 141 Å². The van der Waals surface area contributed by atoms with Crippen molar-refractivity contribution in [3.8, 4) is 0 Å². The van der Waals surface area contributed by atoms with E-state index < -0.39 is 0 Å². The number of pyridine rings is 1. The molecule has 6 heteroatoms. The second kappa shape index (κ2) is 8.67. The van der Waals surface area contributed by atoms with E-state index in [1.165, 1.54) is 7.11 Å². The highest BCUT2D eigenvalue weighted by Gasteiger charge is 2.07. The monoisotopic (exact) mass is 327 g/mol. The third kappa shape index (κ3) is 4.81. The molecule has 2 rings (SSSR count). The summed E-state index contributed by atoms with van der Waals surface area (Å²) in [7, 11) is 1.34. The minimum Gasteiger partial charge on any atom is -0.465 e. The molecule has 0 aliphatic rings. The van der Waals surface area contributed by atoms with Crippen LogP contribution < -0.4 is 10.6 Å². The molecule has 0 aliphatic carbocycles. The molecule has 1 aromatic heterocycles. The highest BCUT2D eigenvalue weighted by Crippen LogP contribution is 2.16. The van der Waals surface area contributed by atoms with Crippen molar-refractivity contribution < 1.29 is 14.3 Å². The Bertz CT molecular complexity index is 699. The maximum atomic E-state index is 12.1. The maximum absolute atomic E-state index is 12.1. The van der Waals surface area contributed by atoms with Crippen LogP contribution in [0.2, 0.25) is 0 Å². The predicted molar refractivity (Wildman–Crippen MR) is 92.5 cm³/mol. The molecule has 6 nitrogen and oxygen atoms in total. The van der Waals surface area contributed by atoms with Crippen LogP contribution in [-0.2, 0) is 4.74 Å². The number of carbonyl (C=O) groups excluding carboxylic acids is 2. The van der Waals surface area contributed by atoms with Gasteiger partial charge in [0.1, 0.15) is 5.82 Å². The summed E-state index contributed by atoms with van der Waals surface area (Å²) in [6, 6.07) is 10.2. The van der Waals surface area contributed by atoms with E-state index >= 15 is 0 Å². The van der Waals surface area contributed by atoms with Gasteiger partial charge in [-0.1, -0.05) is 13.3 Å². The Hall–Kier alpha value is -2.89. The number of nitrogens with zero attached hydrogens (tertiary/aromatic N) is 1. The quantitative estimate of drug-likeness (QED) is 0.603. The molecule has 0 saturated carbocycles. The van der Waals surface area contributed by atoms with E-state index in [1.54, 1.807) is 42.6 Å². The highest BCUT2D eigenvalue weighted by atomic mass is 16.5. The van der Waals surface area contributed by atoms with Gasteiger partial charge in [-0.05, 0) is 42.8 Å². The molecule has 1 heterocycles. The van der Waals surface area contributed by atoms with Gasteiger partial charge in [0.05, 0.1) is 12.7 Å². The first kappa shape index (κ1) is 17.5. The number of methoxy groups -OCH3 is 1. The van der Waals surface area contributed by atoms with Crippen LogP contribution >= 0.6 is 0 Å². The molecular weight excluding hydrogens is 306 g/mol. The van der Waals surface area contributed by atoms with E-state index in [0.717, 1.165) is 18.5 Å². The molecule has 0 fully saturated rings. The van der Waals surface area contributed by atoms with Gasteiger partial charge in [0.15, 0.2) is 0 Å². The third-order valence-electron chi connectivity index (χ3n) is 3.42. The van der Waals surface area contributed by atoms with E-state index in [9.17, 15) is 9.59 Å². The van der Waals surface area contributed by atoms with E-state index in [0.29, 0.717) is 23.5 Å². The van der Waals surface area contributed by atoms with Crippen molar-refractivity contribution in [1.82, 2.24) is 10.3 Å². The second-order valence-electron chi connectivity index (χ2n) is 5.23. The molecule has 0 unspecified atom stereocenters. The number of aromatic nitrogens is 1. The van der Waals surface area contributed by atoms with Gasteiger partial charge in [0, 0.05) is 24.0 Å². The van der Waals surface area contributed by atoms with Crippen LogP contribution in [0, 0.1) is 0 Å². The lowest BCUT2D eigenvalue weighted by molar-refractivity contribution is 0.0600. The molecule has 0 atom stereocenters. The highest BCUT2D eigenvalue weighted by molar-refractivity contribution is 5.95. The summed E-state index contributed by atoms with van der Waals surface area (Å²) in [5.74, 6) is 0.0596. The predicted octanol–water partition coefficient (Wildman–Crippen LogP) is 3.14. The standard InChI is InChI=1S/C18H21N3O3/c1-3-4-10-20-17(22)14-9-11-19-16(12-14)21-15-7-5-13(6-8-15)18(23)24-2/h5-9,11-12H,3-4,10H2,1-2H3,(H,19,21)(H,20,22). The lowest BCUT2D eigenvalue weighted by Gasteiger charge is -2.08. The summed E-state index contributed by atoms with van der Waals surface area (Å²) >= 11 is 0.